The second-order valence-electron chi connectivity index (χ2n) is 4.28. The minimum atomic E-state index is -0.446. The van der Waals surface area contributed by atoms with Crippen molar-refractivity contribution in [2.75, 3.05) is 0 Å². The third-order valence-electron chi connectivity index (χ3n) is 2.66. The van der Waals surface area contributed by atoms with Crippen LogP contribution in [0.5, 0.6) is 0 Å². The molecule has 0 bridgehead atoms. The molecule has 0 aliphatic heterocycles. The lowest BCUT2D eigenvalue weighted by Crippen LogP contribution is -2.18. The number of carbonyl (C=O) groups excluding carboxylic acids is 1. The van der Waals surface area contributed by atoms with Crippen molar-refractivity contribution in [3.05, 3.63) is 68.4 Å². The predicted octanol–water partition coefficient (Wildman–Crippen LogP) is 3.01. The zero-order valence-electron chi connectivity index (χ0n) is 11.5. The minimum Gasteiger partial charge on any atom is -0.273 e. The molecular weight excluding hydrogens is 302 g/mol. The largest absolute Gasteiger partial charge is 0.273 e. The van der Waals surface area contributed by atoms with E-state index in [0.717, 1.165) is 10.4 Å². The molecule has 7 heteroatoms. The maximum atomic E-state index is 11.5. The summed E-state index contributed by atoms with van der Waals surface area (Å²) in [6.45, 7) is 0. The number of nitro groups is 1. The van der Waals surface area contributed by atoms with Crippen LogP contribution in [0.3, 0.4) is 0 Å². The molecule has 22 heavy (non-hydrogen) atoms. The zero-order valence-corrected chi connectivity index (χ0v) is 12.3. The highest BCUT2D eigenvalue weighted by Crippen LogP contribution is 2.12. The Labute approximate surface area is 130 Å². The van der Waals surface area contributed by atoms with Gasteiger partial charge in [-0.05, 0) is 35.2 Å². The molecule has 0 spiro atoms. The Hall–Kier alpha value is -2.80. The van der Waals surface area contributed by atoms with Gasteiger partial charge in [0.1, 0.15) is 0 Å². The Morgan fingerprint density at radius 1 is 1.32 bits per heavy atom. The lowest BCUT2D eigenvalue weighted by molar-refractivity contribution is -0.384. The third kappa shape index (κ3) is 4.95. The first kappa shape index (κ1) is 15.6. The standard InChI is InChI=1S/C15H13N3O3S/c19-15(11-14-4-2-10-22-14)17-16-9-1-3-12-5-7-13(8-6-12)18(20)21/h1-10H,11H2,(H,17,19)/b3-1+,16-9-. The van der Waals surface area contributed by atoms with Gasteiger partial charge in [0.15, 0.2) is 0 Å². The minimum absolute atomic E-state index is 0.0478. The summed E-state index contributed by atoms with van der Waals surface area (Å²) in [6.07, 6.45) is 5.14. The molecule has 112 valence electrons. The van der Waals surface area contributed by atoms with E-state index in [1.165, 1.54) is 29.7 Å². The van der Waals surface area contributed by atoms with Crippen LogP contribution in [-0.2, 0) is 11.2 Å². The van der Waals surface area contributed by atoms with Gasteiger partial charge in [0.2, 0.25) is 5.91 Å². The highest BCUT2D eigenvalue weighted by molar-refractivity contribution is 7.10. The SMILES string of the molecule is O=C(Cc1cccs1)N/N=C\C=C\c1ccc([N+](=O)[O-])cc1. The average Bonchev–Trinajstić information content (AvgIpc) is 3.00. The normalized spacial score (nSPS) is 11.1. The van der Waals surface area contributed by atoms with E-state index in [2.05, 4.69) is 10.5 Å². The van der Waals surface area contributed by atoms with Crippen molar-refractivity contribution in [2.24, 2.45) is 5.10 Å². The molecule has 2 rings (SSSR count). The molecule has 1 heterocycles. The lowest BCUT2D eigenvalue weighted by atomic mass is 10.2. The number of benzene rings is 1. The number of hydrazone groups is 1. The summed E-state index contributed by atoms with van der Waals surface area (Å²) in [5.41, 5.74) is 3.28. The van der Waals surface area contributed by atoms with Gasteiger partial charge in [0, 0.05) is 23.2 Å². The van der Waals surface area contributed by atoms with Gasteiger partial charge in [-0.1, -0.05) is 12.1 Å². The molecule has 2 aromatic rings. The Morgan fingerprint density at radius 2 is 2.09 bits per heavy atom. The van der Waals surface area contributed by atoms with Gasteiger partial charge in [0.05, 0.1) is 11.3 Å². The quantitative estimate of drug-likeness (QED) is 0.505. The molecule has 6 nitrogen and oxygen atoms in total. The summed E-state index contributed by atoms with van der Waals surface area (Å²) >= 11 is 1.52. The molecule has 0 atom stereocenters. The number of thiophene rings is 1. The monoisotopic (exact) mass is 315 g/mol. The number of rotatable bonds is 6. The predicted molar refractivity (Wildman–Crippen MR) is 86.8 cm³/mol. The van der Waals surface area contributed by atoms with E-state index in [-0.39, 0.29) is 11.6 Å². The van der Waals surface area contributed by atoms with Crippen LogP contribution in [0, 0.1) is 10.1 Å². The van der Waals surface area contributed by atoms with Gasteiger partial charge in [-0.25, -0.2) is 5.43 Å². The topological polar surface area (TPSA) is 84.6 Å². The fourth-order valence-electron chi connectivity index (χ4n) is 1.62. The van der Waals surface area contributed by atoms with Crippen LogP contribution in [0.2, 0.25) is 0 Å². The highest BCUT2D eigenvalue weighted by atomic mass is 32.1. The van der Waals surface area contributed by atoms with Crippen LogP contribution in [0.1, 0.15) is 10.4 Å². The maximum Gasteiger partial charge on any atom is 0.269 e. The van der Waals surface area contributed by atoms with Gasteiger partial charge in [-0.15, -0.1) is 11.3 Å². The molecule has 0 aliphatic rings. The van der Waals surface area contributed by atoms with Crippen molar-refractivity contribution in [1.29, 1.82) is 0 Å². The summed E-state index contributed by atoms with van der Waals surface area (Å²) in [4.78, 5) is 22.6. The van der Waals surface area contributed by atoms with E-state index in [4.69, 9.17) is 0 Å². The van der Waals surface area contributed by atoms with Crippen molar-refractivity contribution < 1.29 is 9.72 Å². The molecule has 0 fully saturated rings. The van der Waals surface area contributed by atoms with Crippen LogP contribution in [0.4, 0.5) is 5.69 Å². The summed E-state index contributed by atoms with van der Waals surface area (Å²) in [5, 5.41) is 16.2. The summed E-state index contributed by atoms with van der Waals surface area (Å²) in [5.74, 6) is -0.178. The van der Waals surface area contributed by atoms with E-state index < -0.39 is 4.92 Å². The number of nitro benzene ring substituents is 1. The fourth-order valence-corrected chi connectivity index (χ4v) is 2.33. The lowest BCUT2D eigenvalue weighted by Gasteiger charge is -1.96. The van der Waals surface area contributed by atoms with Gasteiger partial charge in [0.25, 0.3) is 5.69 Å². The van der Waals surface area contributed by atoms with Crippen molar-refractivity contribution in [3.63, 3.8) is 0 Å². The zero-order chi connectivity index (χ0) is 15.8. The molecule has 0 saturated carbocycles. The summed E-state index contributed by atoms with van der Waals surface area (Å²) in [7, 11) is 0. The van der Waals surface area contributed by atoms with E-state index >= 15 is 0 Å². The second kappa shape index (κ2) is 7.84. The van der Waals surface area contributed by atoms with E-state index in [9.17, 15) is 14.9 Å². The van der Waals surface area contributed by atoms with Crippen molar-refractivity contribution >= 4 is 35.2 Å². The third-order valence-corrected chi connectivity index (χ3v) is 3.53. The summed E-state index contributed by atoms with van der Waals surface area (Å²) in [6, 6.07) is 9.92. The fraction of sp³-hybridized carbons (Fsp3) is 0.0667. The van der Waals surface area contributed by atoms with E-state index in [1.54, 1.807) is 24.3 Å². The Morgan fingerprint density at radius 3 is 2.73 bits per heavy atom. The van der Waals surface area contributed by atoms with Gasteiger partial charge in [-0.3, -0.25) is 14.9 Å². The van der Waals surface area contributed by atoms with Gasteiger partial charge >= 0.3 is 0 Å². The maximum absolute atomic E-state index is 11.5. The van der Waals surface area contributed by atoms with Crippen molar-refractivity contribution in [3.8, 4) is 0 Å². The van der Waals surface area contributed by atoms with Crippen LogP contribution >= 0.6 is 11.3 Å². The molecule has 1 N–H and O–H groups in total. The first-order valence-corrected chi connectivity index (χ1v) is 7.28. The van der Waals surface area contributed by atoms with Gasteiger partial charge in [-0.2, -0.15) is 5.10 Å². The number of allylic oxidation sites excluding steroid dienone is 1. The number of hydrogen-bond donors (Lipinski definition) is 1. The van der Waals surface area contributed by atoms with E-state index in [1.807, 2.05) is 17.5 Å². The summed E-state index contributed by atoms with van der Waals surface area (Å²) < 4.78 is 0. The molecule has 0 saturated heterocycles. The number of nitrogens with zero attached hydrogens (tertiary/aromatic N) is 2. The Bertz CT molecular complexity index is 691. The van der Waals surface area contributed by atoms with Crippen LogP contribution in [-0.4, -0.2) is 17.0 Å². The second-order valence-corrected chi connectivity index (χ2v) is 5.31. The number of nitrogens with one attached hydrogen (secondary N) is 1. The Kier molecular flexibility index (Phi) is 5.56. The Balaban J connectivity index is 1.79. The molecule has 1 aromatic carbocycles. The number of amides is 1. The van der Waals surface area contributed by atoms with Crippen LogP contribution < -0.4 is 5.43 Å². The first-order chi connectivity index (χ1) is 10.6. The average molecular weight is 315 g/mol. The molecule has 0 aliphatic carbocycles. The first-order valence-electron chi connectivity index (χ1n) is 6.40. The molecule has 0 unspecified atom stereocenters. The van der Waals surface area contributed by atoms with Gasteiger partial charge < -0.3 is 0 Å². The van der Waals surface area contributed by atoms with Crippen LogP contribution in [0.15, 0.2) is 53.0 Å². The number of hydrogen-bond acceptors (Lipinski definition) is 5. The smallest absolute Gasteiger partial charge is 0.269 e. The molecule has 1 amide bonds. The number of non-ortho nitro benzene ring substituents is 1. The highest BCUT2D eigenvalue weighted by Gasteiger charge is 2.02. The van der Waals surface area contributed by atoms with E-state index in [0.29, 0.717) is 6.42 Å². The molecular formula is C15H13N3O3S. The van der Waals surface area contributed by atoms with Crippen molar-refractivity contribution in [2.45, 2.75) is 6.42 Å². The van der Waals surface area contributed by atoms with Crippen LogP contribution in [0.25, 0.3) is 6.08 Å². The molecule has 1 aromatic heterocycles. The van der Waals surface area contributed by atoms with Crippen molar-refractivity contribution in [1.82, 2.24) is 5.43 Å². The molecule has 0 radical (unpaired) electrons. The number of carbonyl (C=O) groups is 1.